The molecule has 5 rings (SSSR count). The smallest absolute Gasteiger partial charge is 0.249 e. The van der Waals surface area contributed by atoms with Crippen LogP contribution in [0.3, 0.4) is 0 Å². The van der Waals surface area contributed by atoms with E-state index < -0.39 is 0 Å². The van der Waals surface area contributed by atoms with Crippen LogP contribution in [-0.2, 0) is 11.3 Å². The number of thiophene rings is 1. The molecule has 0 radical (unpaired) electrons. The van der Waals surface area contributed by atoms with E-state index in [1.807, 2.05) is 14.0 Å². The van der Waals surface area contributed by atoms with Gasteiger partial charge in [0.2, 0.25) is 11.9 Å². The lowest BCUT2D eigenvalue weighted by molar-refractivity contribution is -0.120. The van der Waals surface area contributed by atoms with Gasteiger partial charge in [0.1, 0.15) is 17.5 Å². The highest BCUT2D eigenvalue weighted by Gasteiger charge is 2.37. The van der Waals surface area contributed by atoms with Gasteiger partial charge in [0.05, 0.1) is 25.0 Å². The van der Waals surface area contributed by atoms with Crippen LogP contribution in [0.1, 0.15) is 54.3 Å². The van der Waals surface area contributed by atoms with Gasteiger partial charge in [-0.2, -0.15) is 4.98 Å². The SMILES string of the molecule is CCOc1cc(C2CCN(C)CC2)ccc1Nc1ncc2c(n1)N(Cc1ccc(C)s1)[C@H](CC)C(=O)N2C. The molecule has 1 amide bonds. The van der Waals surface area contributed by atoms with Crippen molar-refractivity contribution in [2.45, 2.75) is 58.5 Å². The van der Waals surface area contributed by atoms with Crippen molar-refractivity contribution in [1.29, 1.82) is 0 Å². The largest absolute Gasteiger partial charge is 0.492 e. The van der Waals surface area contributed by atoms with Gasteiger partial charge in [0.15, 0.2) is 5.82 Å². The first-order valence-corrected chi connectivity index (χ1v) is 14.4. The Morgan fingerprint density at radius 2 is 1.92 bits per heavy atom. The van der Waals surface area contributed by atoms with E-state index in [1.165, 1.54) is 15.3 Å². The van der Waals surface area contributed by atoms with Crippen molar-refractivity contribution in [1.82, 2.24) is 14.9 Å². The molecule has 2 aliphatic heterocycles. The molecular formula is C29H38N6O2S. The fraction of sp³-hybridized carbons (Fsp3) is 0.483. The summed E-state index contributed by atoms with van der Waals surface area (Å²) >= 11 is 1.75. The molecule has 8 nitrogen and oxygen atoms in total. The van der Waals surface area contributed by atoms with E-state index in [-0.39, 0.29) is 11.9 Å². The van der Waals surface area contributed by atoms with E-state index in [2.05, 4.69) is 71.3 Å². The van der Waals surface area contributed by atoms with Crippen molar-refractivity contribution in [3.8, 4) is 5.75 Å². The fourth-order valence-electron chi connectivity index (χ4n) is 5.45. The van der Waals surface area contributed by atoms with Crippen molar-refractivity contribution >= 4 is 40.4 Å². The Balaban J connectivity index is 1.45. The maximum absolute atomic E-state index is 13.2. The number of aryl methyl sites for hydroxylation is 1. The molecule has 0 unspecified atom stereocenters. The van der Waals surface area contributed by atoms with Crippen LogP contribution in [0.5, 0.6) is 5.75 Å². The third kappa shape index (κ3) is 5.35. The number of nitrogens with one attached hydrogen (secondary N) is 1. The summed E-state index contributed by atoms with van der Waals surface area (Å²) in [6.45, 7) is 9.61. The molecule has 9 heteroatoms. The number of likely N-dealkylation sites (N-methyl/N-ethyl adjacent to an activating group) is 1. The quantitative estimate of drug-likeness (QED) is 0.406. The second-order valence-electron chi connectivity index (χ2n) is 10.3. The van der Waals surface area contributed by atoms with Gasteiger partial charge in [-0.1, -0.05) is 13.0 Å². The van der Waals surface area contributed by atoms with E-state index in [0.29, 0.717) is 31.4 Å². The van der Waals surface area contributed by atoms with Crippen LogP contribution in [-0.4, -0.2) is 60.6 Å². The summed E-state index contributed by atoms with van der Waals surface area (Å²) in [6.07, 6.45) is 4.77. The number of hydrogen-bond donors (Lipinski definition) is 1. The Morgan fingerprint density at radius 3 is 2.61 bits per heavy atom. The number of ether oxygens (including phenoxy) is 1. The first-order chi connectivity index (χ1) is 18.4. The fourth-order valence-corrected chi connectivity index (χ4v) is 6.34. The van der Waals surface area contributed by atoms with Gasteiger partial charge in [-0.15, -0.1) is 11.3 Å². The lowest BCUT2D eigenvalue weighted by Gasteiger charge is -2.40. The van der Waals surface area contributed by atoms with Gasteiger partial charge in [-0.25, -0.2) is 4.98 Å². The molecule has 0 aliphatic carbocycles. The Bertz CT molecular complexity index is 1290. The first kappa shape index (κ1) is 26.4. The Hall–Kier alpha value is -3.17. The zero-order chi connectivity index (χ0) is 26.8. The number of carbonyl (C=O) groups excluding carboxylic acids is 1. The van der Waals surface area contributed by atoms with E-state index in [1.54, 1.807) is 22.4 Å². The van der Waals surface area contributed by atoms with Crippen molar-refractivity contribution < 1.29 is 9.53 Å². The highest BCUT2D eigenvalue weighted by molar-refractivity contribution is 7.11. The summed E-state index contributed by atoms with van der Waals surface area (Å²) in [5.41, 5.74) is 2.89. The van der Waals surface area contributed by atoms with Gasteiger partial charge >= 0.3 is 0 Å². The molecule has 2 aliphatic rings. The molecule has 2 aromatic heterocycles. The minimum absolute atomic E-state index is 0.0701. The predicted molar refractivity (Wildman–Crippen MR) is 155 cm³/mol. The third-order valence-corrected chi connectivity index (χ3v) is 8.61. The Labute approximate surface area is 229 Å². The molecule has 202 valence electrons. The standard InChI is InChI=1S/C29H38N6O2S/c1-6-24-28(36)34(5)25-17-30-29(32-27(25)35(24)18-22-10-8-19(3)38-22)31-23-11-9-21(16-26(23)37-7-2)20-12-14-33(4)15-13-20/h8-11,16-17,20,24H,6-7,12-15,18H2,1-5H3,(H,30,31,32)/t24-/m1/s1. The maximum Gasteiger partial charge on any atom is 0.249 e. The number of benzene rings is 1. The molecule has 1 N–H and O–H groups in total. The van der Waals surface area contributed by atoms with Gasteiger partial charge in [0.25, 0.3) is 0 Å². The number of hydrogen-bond acceptors (Lipinski definition) is 8. The van der Waals surface area contributed by atoms with Crippen LogP contribution >= 0.6 is 11.3 Å². The van der Waals surface area contributed by atoms with E-state index in [0.717, 1.165) is 48.9 Å². The number of rotatable bonds is 8. The summed E-state index contributed by atoms with van der Waals surface area (Å²) in [7, 11) is 3.99. The summed E-state index contributed by atoms with van der Waals surface area (Å²) in [4.78, 5) is 31.4. The molecular weight excluding hydrogens is 496 g/mol. The van der Waals surface area contributed by atoms with Gasteiger partial charge < -0.3 is 24.8 Å². The normalized spacial score (nSPS) is 18.6. The number of anilines is 4. The van der Waals surface area contributed by atoms with Gasteiger partial charge in [-0.05, 0) is 89.0 Å². The van der Waals surface area contributed by atoms with Crippen molar-refractivity contribution in [2.24, 2.45) is 0 Å². The van der Waals surface area contributed by atoms with Crippen LogP contribution < -0.4 is 19.9 Å². The predicted octanol–water partition coefficient (Wildman–Crippen LogP) is 5.56. The number of amides is 1. The first-order valence-electron chi connectivity index (χ1n) is 13.6. The number of fused-ring (bicyclic) bond motifs is 1. The van der Waals surface area contributed by atoms with Crippen LogP contribution in [0.4, 0.5) is 23.1 Å². The topological polar surface area (TPSA) is 73.8 Å². The van der Waals surface area contributed by atoms with Crippen molar-refractivity contribution in [3.63, 3.8) is 0 Å². The molecule has 1 atom stereocenters. The van der Waals surface area contributed by atoms with Gasteiger partial charge in [-0.3, -0.25) is 4.79 Å². The zero-order valence-corrected chi connectivity index (χ0v) is 23.8. The van der Waals surface area contributed by atoms with Crippen LogP contribution in [0.15, 0.2) is 36.5 Å². The number of likely N-dealkylation sites (tertiary alicyclic amines) is 1. The molecule has 3 aromatic rings. The number of aromatic nitrogens is 2. The third-order valence-electron chi connectivity index (χ3n) is 7.63. The zero-order valence-electron chi connectivity index (χ0n) is 23.0. The average molecular weight is 535 g/mol. The second kappa shape index (κ2) is 11.3. The highest BCUT2D eigenvalue weighted by Crippen LogP contribution is 2.38. The summed E-state index contributed by atoms with van der Waals surface area (Å²) in [6, 6.07) is 10.4. The number of nitrogens with zero attached hydrogens (tertiary/aromatic N) is 5. The Kier molecular flexibility index (Phi) is 7.85. The lowest BCUT2D eigenvalue weighted by Crippen LogP contribution is -2.52. The van der Waals surface area contributed by atoms with Crippen molar-refractivity contribution in [3.05, 3.63) is 51.8 Å². The molecule has 1 saturated heterocycles. The van der Waals surface area contributed by atoms with E-state index >= 15 is 0 Å². The minimum Gasteiger partial charge on any atom is -0.492 e. The maximum atomic E-state index is 13.2. The molecule has 1 fully saturated rings. The average Bonchev–Trinajstić information content (AvgIpc) is 3.33. The molecule has 38 heavy (non-hydrogen) atoms. The second-order valence-corrected chi connectivity index (χ2v) is 11.6. The Morgan fingerprint density at radius 1 is 1.13 bits per heavy atom. The molecule has 1 aromatic carbocycles. The van der Waals surface area contributed by atoms with Crippen LogP contribution in [0.2, 0.25) is 0 Å². The molecule has 0 bridgehead atoms. The van der Waals surface area contributed by atoms with E-state index in [4.69, 9.17) is 9.72 Å². The number of carbonyl (C=O) groups is 1. The molecule has 4 heterocycles. The number of piperidine rings is 1. The summed E-state index contributed by atoms with van der Waals surface area (Å²) in [5.74, 6) is 2.69. The highest BCUT2D eigenvalue weighted by atomic mass is 32.1. The minimum atomic E-state index is -0.273. The van der Waals surface area contributed by atoms with E-state index in [9.17, 15) is 4.79 Å². The van der Waals surface area contributed by atoms with Gasteiger partial charge in [0, 0.05) is 16.8 Å². The molecule has 0 saturated carbocycles. The summed E-state index contributed by atoms with van der Waals surface area (Å²) < 4.78 is 6.05. The van der Waals surface area contributed by atoms with Crippen LogP contribution in [0.25, 0.3) is 0 Å². The molecule has 0 spiro atoms. The van der Waals surface area contributed by atoms with Crippen molar-refractivity contribution in [2.75, 3.05) is 48.9 Å². The lowest BCUT2D eigenvalue weighted by atomic mass is 9.89. The monoisotopic (exact) mass is 534 g/mol. The summed E-state index contributed by atoms with van der Waals surface area (Å²) in [5, 5.41) is 3.41. The van der Waals surface area contributed by atoms with Crippen LogP contribution in [0, 0.1) is 6.92 Å².